The van der Waals surface area contributed by atoms with Crippen LogP contribution in [0.2, 0.25) is 10.0 Å². The second-order valence-electron chi connectivity index (χ2n) is 5.12. The molecule has 25 heavy (non-hydrogen) atoms. The molecule has 1 aromatic heterocycles. The number of rotatable bonds is 6. The third-order valence-corrected chi connectivity index (χ3v) is 5.99. The van der Waals surface area contributed by atoms with Crippen LogP contribution in [0.5, 0.6) is 0 Å². The van der Waals surface area contributed by atoms with E-state index in [0.717, 1.165) is 15.7 Å². The number of nitrogens with zero attached hydrogens (tertiary/aromatic N) is 2. The molecule has 1 N–H and O–H groups in total. The zero-order chi connectivity index (χ0) is 17.6. The monoisotopic (exact) mass is 409 g/mol. The number of carbonyl (C=O) groups is 1. The summed E-state index contributed by atoms with van der Waals surface area (Å²) in [5.41, 5.74) is 2.00. The van der Waals surface area contributed by atoms with Gasteiger partial charge < -0.3 is 5.32 Å². The molecular formula is C17H13Cl2N3OS2. The highest BCUT2D eigenvalue weighted by molar-refractivity contribution is 8.00. The van der Waals surface area contributed by atoms with Gasteiger partial charge in [0.2, 0.25) is 11.0 Å². The van der Waals surface area contributed by atoms with Crippen molar-refractivity contribution in [3.63, 3.8) is 0 Å². The summed E-state index contributed by atoms with van der Waals surface area (Å²) in [7, 11) is 0. The van der Waals surface area contributed by atoms with Crippen molar-refractivity contribution >= 4 is 57.3 Å². The fourth-order valence-corrected chi connectivity index (χ4v) is 4.08. The lowest BCUT2D eigenvalue weighted by molar-refractivity contribution is -0.115. The van der Waals surface area contributed by atoms with Crippen LogP contribution in [-0.4, -0.2) is 16.1 Å². The molecule has 0 aliphatic heterocycles. The average Bonchev–Trinajstić information content (AvgIpc) is 3.04. The molecule has 0 aliphatic carbocycles. The van der Waals surface area contributed by atoms with Gasteiger partial charge in [0.05, 0.1) is 16.5 Å². The van der Waals surface area contributed by atoms with Crippen molar-refractivity contribution in [2.75, 3.05) is 5.32 Å². The van der Waals surface area contributed by atoms with Gasteiger partial charge in [-0.1, -0.05) is 82.7 Å². The molecule has 128 valence electrons. The zero-order valence-electron chi connectivity index (χ0n) is 12.9. The van der Waals surface area contributed by atoms with Crippen molar-refractivity contribution in [2.24, 2.45) is 0 Å². The van der Waals surface area contributed by atoms with Crippen molar-refractivity contribution in [1.29, 1.82) is 0 Å². The van der Waals surface area contributed by atoms with E-state index in [-0.39, 0.29) is 12.3 Å². The largest absolute Gasteiger partial charge is 0.300 e. The second kappa shape index (κ2) is 8.67. The number of benzene rings is 2. The summed E-state index contributed by atoms with van der Waals surface area (Å²) in [5, 5.41) is 12.3. The number of carbonyl (C=O) groups excluding carboxylic acids is 1. The van der Waals surface area contributed by atoms with Gasteiger partial charge >= 0.3 is 0 Å². The van der Waals surface area contributed by atoms with Gasteiger partial charge in [-0.05, 0) is 23.3 Å². The van der Waals surface area contributed by atoms with E-state index >= 15 is 0 Å². The minimum atomic E-state index is -0.172. The SMILES string of the molecule is O=C(Cc1ccc(Cl)c(Cl)c1)Nc1nnc(SCc2ccccc2)s1. The molecular weight excluding hydrogens is 397 g/mol. The maximum absolute atomic E-state index is 12.1. The zero-order valence-corrected chi connectivity index (χ0v) is 16.1. The molecule has 0 saturated heterocycles. The molecule has 8 heteroatoms. The van der Waals surface area contributed by atoms with Crippen molar-refractivity contribution in [3.8, 4) is 0 Å². The predicted molar refractivity (Wildman–Crippen MR) is 105 cm³/mol. The maximum atomic E-state index is 12.1. The number of hydrogen-bond donors (Lipinski definition) is 1. The van der Waals surface area contributed by atoms with Gasteiger partial charge in [-0.2, -0.15) is 0 Å². The summed E-state index contributed by atoms with van der Waals surface area (Å²) in [4.78, 5) is 12.1. The molecule has 0 fully saturated rings. The Morgan fingerprint density at radius 3 is 2.60 bits per heavy atom. The first-order valence-corrected chi connectivity index (χ1v) is 9.90. The Balaban J connectivity index is 1.53. The summed E-state index contributed by atoms with van der Waals surface area (Å²) in [6.45, 7) is 0. The third-order valence-electron chi connectivity index (χ3n) is 3.21. The first-order chi connectivity index (χ1) is 12.1. The van der Waals surface area contributed by atoms with E-state index in [2.05, 4.69) is 27.6 Å². The molecule has 3 rings (SSSR count). The van der Waals surface area contributed by atoms with Crippen LogP contribution in [0.15, 0.2) is 52.9 Å². The van der Waals surface area contributed by atoms with Crippen molar-refractivity contribution in [1.82, 2.24) is 10.2 Å². The molecule has 0 aliphatic rings. The van der Waals surface area contributed by atoms with Gasteiger partial charge in [-0.25, -0.2) is 0 Å². The Hall–Kier alpha value is -1.60. The smallest absolute Gasteiger partial charge is 0.230 e. The number of thioether (sulfide) groups is 1. The molecule has 0 radical (unpaired) electrons. The van der Waals surface area contributed by atoms with Gasteiger partial charge in [0, 0.05) is 5.75 Å². The molecule has 4 nitrogen and oxygen atoms in total. The number of anilines is 1. The van der Waals surface area contributed by atoms with E-state index in [1.54, 1.807) is 30.0 Å². The van der Waals surface area contributed by atoms with E-state index in [1.165, 1.54) is 16.9 Å². The maximum Gasteiger partial charge on any atom is 0.230 e. The topological polar surface area (TPSA) is 54.9 Å². The molecule has 3 aromatic rings. The minimum absolute atomic E-state index is 0.172. The summed E-state index contributed by atoms with van der Waals surface area (Å²) >= 11 is 14.8. The molecule has 1 heterocycles. The Morgan fingerprint density at radius 1 is 1.04 bits per heavy atom. The van der Waals surface area contributed by atoms with Crippen molar-refractivity contribution < 1.29 is 4.79 Å². The molecule has 0 atom stereocenters. The number of nitrogens with one attached hydrogen (secondary N) is 1. The number of aromatic nitrogens is 2. The summed E-state index contributed by atoms with van der Waals surface area (Å²) < 4.78 is 0.814. The fraction of sp³-hybridized carbons (Fsp3) is 0.118. The summed E-state index contributed by atoms with van der Waals surface area (Å²) in [6, 6.07) is 15.3. The van der Waals surface area contributed by atoms with Crippen LogP contribution in [0.1, 0.15) is 11.1 Å². The van der Waals surface area contributed by atoms with Gasteiger partial charge in [-0.15, -0.1) is 10.2 Å². The fourth-order valence-electron chi connectivity index (χ4n) is 2.04. The van der Waals surface area contributed by atoms with Crippen LogP contribution in [-0.2, 0) is 17.0 Å². The third kappa shape index (κ3) is 5.44. The first kappa shape index (κ1) is 18.2. The van der Waals surface area contributed by atoms with Crippen LogP contribution >= 0.6 is 46.3 Å². The van der Waals surface area contributed by atoms with Crippen LogP contribution in [0.3, 0.4) is 0 Å². The van der Waals surface area contributed by atoms with Crippen LogP contribution in [0.25, 0.3) is 0 Å². The summed E-state index contributed by atoms with van der Waals surface area (Å²) in [6.07, 6.45) is 0.197. The lowest BCUT2D eigenvalue weighted by Crippen LogP contribution is -2.14. The highest BCUT2D eigenvalue weighted by Gasteiger charge is 2.10. The van der Waals surface area contributed by atoms with Crippen LogP contribution in [0.4, 0.5) is 5.13 Å². The van der Waals surface area contributed by atoms with Crippen LogP contribution < -0.4 is 5.32 Å². The lowest BCUT2D eigenvalue weighted by atomic mass is 10.1. The number of amides is 1. The standard InChI is InChI=1S/C17H13Cl2N3OS2/c18-13-7-6-12(8-14(13)19)9-15(23)20-16-21-22-17(25-16)24-10-11-4-2-1-3-5-11/h1-8H,9-10H2,(H,20,21,23). The van der Waals surface area contributed by atoms with Crippen LogP contribution in [0, 0.1) is 0 Å². The Morgan fingerprint density at radius 2 is 1.84 bits per heavy atom. The highest BCUT2D eigenvalue weighted by atomic mass is 35.5. The number of hydrogen-bond acceptors (Lipinski definition) is 5. The van der Waals surface area contributed by atoms with E-state index in [1.807, 2.05) is 18.2 Å². The molecule has 0 unspecified atom stereocenters. The summed E-state index contributed by atoms with van der Waals surface area (Å²) in [5.74, 6) is 0.640. The van der Waals surface area contributed by atoms with Crippen molar-refractivity contribution in [2.45, 2.75) is 16.5 Å². The van der Waals surface area contributed by atoms with Gasteiger partial charge in [0.1, 0.15) is 0 Å². The quantitative estimate of drug-likeness (QED) is 0.442. The Kier molecular flexibility index (Phi) is 6.31. The second-order valence-corrected chi connectivity index (χ2v) is 8.14. The number of halogens is 2. The average molecular weight is 410 g/mol. The first-order valence-electron chi connectivity index (χ1n) is 7.34. The lowest BCUT2D eigenvalue weighted by Gasteiger charge is -2.03. The highest BCUT2D eigenvalue weighted by Crippen LogP contribution is 2.28. The van der Waals surface area contributed by atoms with Gasteiger partial charge in [-0.3, -0.25) is 4.79 Å². The van der Waals surface area contributed by atoms with E-state index < -0.39 is 0 Å². The van der Waals surface area contributed by atoms with E-state index in [4.69, 9.17) is 23.2 Å². The van der Waals surface area contributed by atoms with Gasteiger partial charge in [0.15, 0.2) is 4.34 Å². The molecule has 2 aromatic carbocycles. The van der Waals surface area contributed by atoms with E-state index in [0.29, 0.717) is 15.2 Å². The normalized spacial score (nSPS) is 10.6. The van der Waals surface area contributed by atoms with E-state index in [9.17, 15) is 4.79 Å². The Labute approximate surface area is 163 Å². The predicted octanol–water partition coefficient (Wildman–Crippen LogP) is 5.32. The molecule has 1 amide bonds. The van der Waals surface area contributed by atoms with Crippen molar-refractivity contribution in [3.05, 3.63) is 69.7 Å². The molecule has 0 saturated carbocycles. The minimum Gasteiger partial charge on any atom is -0.300 e. The molecule has 0 bridgehead atoms. The Bertz CT molecular complexity index is 871. The molecule has 0 spiro atoms. The van der Waals surface area contributed by atoms with Gasteiger partial charge in [0.25, 0.3) is 0 Å².